The largest absolute Gasteiger partial charge is 0.396 e. The molecule has 1 atom stereocenters. The Hall–Kier alpha value is -1.93. The summed E-state index contributed by atoms with van der Waals surface area (Å²) in [5.74, 6) is 0. The van der Waals surface area contributed by atoms with Crippen molar-refractivity contribution >= 4 is 5.71 Å². The van der Waals surface area contributed by atoms with Crippen molar-refractivity contribution in [2.75, 3.05) is 6.61 Å². The van der Waals surface area contributed by atoms with Gasteiger partial charge in [-0.25, -0.2) is 0 Å². The molecule has 0 spiro atoms. The summed E-state index contributed by atoms with van der Waals surface area (Å²) in [7, 11) is 0. The number of nitrogens with zero attached hydrogens (tertiary/aromatic N) is 1. The number of hydrogen-bond acceptors (Lipinski definition) is 2. The van der Waals surface area contributed by atoms with Gasteiger partial charge in [-0.1, -0.05) is 48.0 Å². The summed E-state index contributed by atoms with van der Waals surface area (Å²) in [6.45, 7) is 2.31. The second-order valence-electron chi connectivity index (χ2n) is 5.37. The minimum absolute atomic E-state index is 0.186. The molecule has 1 unspecified atom stereocenters. The lowest BCUT2D eigenvalue weighted by atomic mass is 9.88. The second kappa shape index (κ2) is 5.59. The normalized spacial score (nSPS) is 17.5. The molecule has 2 aromatic carbocycles. The molecule has 0 radical (unpaired) electrons. The highest BCUT2D eigenvalue weighted by Gasteiger charge is 2.21. The van der Waals surface area contributed by atoms with E-state index in [1.165, 1.54) is 16.7 Å². The molecule has 0 saturated heterocycles. The summed E-state index contributed by atoms with van der Waals surface area (Å²) in [6, 6.07) is 17.1. The average molecular weight is 265 g/mol. The summed E-state index contributed by atoms with van der Waals surface area (Å²) in [5, 5.41) is 9.20. The van der Waals surface area contributed by atoms with Crippen molar-refractivity contribution in [2.45, 2.75) is 25.8 Å². The third kappa shape index (κ3) is 2.52. The molecule has 1 aliphatic heterocycles. The highest BCUT2D eigenvalue weighted by atomic mass is 16.3. The van der Waals surface area contributed by atoms with Gasteiger partial charge in [-0.3, -0.25) is 4.99 Å². The molecule has 0 aromatic heterocycles. The van der Waals surface area contributed by atoms with E-state index in [9.17, 15) is 5.11 Å². The fraction of sp³-hybridized carbons (Fsp3) is 0.278. The Balaban J connectivity index is 2.10. The van der Waals surface area contributed by atoms with Gasteiger partial charge in [-0.15, -0.1) is 0 Å². The summed E-state index contributed by atoms with van der Waals surface area (Å²) in [5.41, 5.74) is 6.05. The average Bonchev–Trinajstić information content (AvgIpc) is 2.48. The Morgan fingerprint density at radius 1 is 1.15 bits per heavy atom. The molecule has 0 saturated carbocycles. The van der Waals surface area contributed by atoms with Crippen LogP contribution in [0.15, 0.2) is 53.5 Å². The summed E-state index contributed by atoms with van der Waals surface area (Å²) >= 11 is 0. The molecule has 1 heterocycles. The van der Waals surface area contributed by atoms with Crippen LogP contribution in [-0.4, -0.2) is 23.5 Å². The first-order valence-corrected chi connectivity index (χ1v) is 7.12. The van der Waals surface area contributed by atoms with E-state index >= 15 is 0 Å². The van der Waals surface area contributed by atoms with E-state index in [4.69, 9.17) is 4.99 Å². The number of aliphatic hydroxyl groups is 1. The van der Waals surface area contributed by atoms with Gasteiger partial charge in [0.2, 0.25) is 0 Å². The zero-order valence-electron chi connectivity index (χ0n) is 11.7. The number of aliphatic imine (C=N–C) groups is 1. The Morgan fingerprint density at radius 3 is 2.70 bits per heavy atom. The molecule has 1 N–H and O–H groups in total. The van der Waals surface area contributed by atoms with Gasteiger partial charge >= 0.3 is 0 Å². The van der Waals surface area contributed by atoms with Crippen molar-refractivity contribution in [3.05, 3.63) is 70.8 Å². The quantitative estimate of drug-likeness (QED) is 0.908. The number of fused-ring (bicyclic) bond motifs is 1. The summed E-state index contributed by atoms with van der Waals surface area (Å²) in [6.07, 6.45) is 1.65. The van der Waals surface area contributed by atoms with Gasteiger partial charge in [0.25, 0.3) is 0 Å². The van der Waals surface area contributed by atoms with Crippen LogP contribution in [0.25, 0.3) is 0 Å². The van der Waals surface area contributed by atoms with Crippen LogP contribution in [0, 0.1) is 6.92 Å². The lowest BCUT2D eigenvalue weighted by Gasteiger charge is -2.24. The van der Waals surface area contributed by atoms with Crippen molar-refractivity contribution in [1.29, 1.82) is 0 Å². The fourth-order valence-corrected chi connectivity index (χ4v) is 2.78. The Bertz CT molecular complexity index is 631. The molecule has 20 heavy (non-hydrogen) atoms. The first kappa shape index (κ1) is 13.1. The van der Waals surface area contributed by atoms with Crippen LogP contribution in [0.2, 0.25) is 0 Å². The molecule has 0 amide bonds. The first-order valence-electron chi connectivity index (χ1n) is 7.12. The second-order valence-corrected chi connectivity index (χ2v) is 5.37. The van der Waals surface area contributed by atoms with E-state index in [2.05, 4.69) is 37.3 Å². The van der Waals surface area contributed by atoms with E-state index in [0.29, 0.717) is 0 Å². The number of aliphatic hydroxyl groups excluding tert-OH is 1. The minimum atomic E-state index is 0.186. The molecular weight excluding hydrogens is 246 g/mol. The lowest BCUT2D eigenvalue weighted by molar-refractivity contribution is 0.275. The maximum atomic E-state index is 9.20. The third-order valence-corrected chi connectivity index (χ3v) is 3.80. The highest BCUT2D eigenvalue weighted by molar-refractivity contribution is 6.14. The number of benzene rings is 2. The molecule has 0 aliphatic carbocycles. The van der Waals surface area contributed by atoms with Gasteiger partial charge < -0.3 is 5.11 Å². The number of rotatable bonds is 3. The van der Waals surface area contributed by atoms with Crippen molar-refractivity contribution in [1.82, 2.24) is 0 Å². The molecule has 3 rings (SSSR count). The topological polar surface area (TPSA) is 32.6 Å². The van der Waals surface area contributed by atoms with Crippen LogP contribution in [-0.2, 0) is 6.42 Å². The van der Waals surface area contributed by atoms with Gasteiger partial charge in [0.15, 0.2) is 0 Å². The Kier molecular flexibility index (Phi) is 3.66. The van der Waals surface area contributed by atoms with Crippen LogP contribution in [0.3, 0.4) is 0 Å². The zero-order chi connectivity index (χ0) is 13.9. The first-order chi connectivity index (χ1) is 9.78. The lowest BCUT2D eigenvalue weighted by Crippen LogP contribution is -2.22. The Labute approximate surface area is 119 Å². The fourth-order valence-electron chi connectivity index (χ4n) is 2.78. The van der Waals surface area contributed by atoms with Crippen LogP contribution in [0.4, 0.5) is 0 Å². The molecule has 1 aliphatic rings. The zero-order valence-corrected chi connectivity index (χ0v) is 11.7. The maximum Gasteiger partial charge on any atom is 0.0725 e. The van der Waals surface area contributed by atoms with E-state index in [1.807, 2.05) is 18.2 Å². The summed E-state index contributed by atoms with van der Waals surface area (Å²) in [4.78, 5) is 4.88. The minimum Gasteiger partial charge on any atom is -0.396 e. The van der Waals surface area contributed by atoms with Crippen molar-refractivity contribution < 1.29 is 5.11 Å². The van der Waals surface area contributed by atoms with Crippen LogP contribution in [0.1, 0.15) is 28.7 Å². The molecular formula is C18H19NO. The maximum absolute atomic E-state index is 9.20. The molecule has 0 fully saturated rings. The van der Waals surface area contributed by atoms with E-state index in [0.717, 1.165) is 24.1 Å². The Morgan fingerprint density at radius 2 is 1.95 bits per heavy atom. The van der Waals surface area contributed by atoms with Gasteiger partial charge in [0.1, 0.15) is 0 Å². The third-order valence-electron chi connectivity index (χ3n) is 3.80. The van der Waals surface area contributed by atoms with Crippen LogP contribution < -0.4 is 0 Å². The van der Waals surface area contributed by atoms with Crippen molar-refractivity contribution in [2.24, 2.45) is 4.99 Å². The molecule has 2 nitrogen and oxygen atoms in total. The van der Waals surface area contributed by atoms with Crippen LogP contribution in [0.5, 0.6) is 0 Å². The monoisotopic (exact) mass is 265 g/mol. The smallest absolute Gasteiger partial charge is 0.0725 e. The summed E-state index contributed by atoms with van der Waals surface area (Å²) < 4.78 is 0. The van der Waals surface area contributed by atoms with Crippen LogP contribution >= 0.6 is 0 Å². The van der Waals surface area contributed by atoms with Crippen molar-refractivity contribution in [3.63, 3.8) is 0 Å². The SMILES string of the molecule is Cc1ccc2c(c1)C(c1ccccc1)=NC(CCO)C2. The standard InChI is InChI=1S/C18H19NO/c1-13-7-8-15-12-16(9-10-20)19-18(17(15)11-13)14-5-3-2-4-6-14/h2-8,11,16,20H,9-10,12H2,1H3. The predicted molar refractivity (Wildman–Crippen MR) is 82.5 cm³/mol. The van der Waals surface area contributed by atoms with Crippen molar-refractivity contribution in [3.8, 4) is 0 Å². The molecule has 2 aromatic rings. The van der Waals surface area contributed by atoms with Gasteiger partial charge in [-0.05, 0) is 31.4 Å². The van der Waals surface area contributed by atoms with E-state index < -0.39 is 0 Å². The molecule has 2 heteroatoms. The van der Waals surface area contributed by atoms with E-state index in [-0.39, 0.29) is 12.6 Å². The molecule has 102 valence electrons. The number of aryl methyl sites for hydroxylation is 1. The predicted octanol–water partition coefficient (Wildman–Crippen LogP) is 3.14. The highest BCUT2D eigenvalue weighted by Crippen LogP contribution is 2.25. The van der Waals surface area contributed by atoms with Gasteiger partial charge in [0.05, 0.1) is 11.8 Å². The van der Waals surface area contributed by atoms with E-state index in [1.54, 1.807) is 0 Å². The van der Waals surface area contributed by atoms with Gasteiger partial charge in [-0.2, -0.15) is 0 Å². The molecule has 0 bridgehead atoms. The number of hydrogen-bond donors (Lipinski definition) is 1. The van der Waals surface area contributed by atoms with Gasteiger partial charge in [0, 0.05) is 17.7 Å².